The smallest absolute Gasteiger partial charge is 0.227 e. The Morgan fingerprint density at radius 2 is 1.90 bits per heavy atom. The number of benzene rings is 1. The highest BCUT2D eigenvalue weighted by molar-refractivity contribution is 5.92. The second-order valence-corrected chi connectivity index (χ2v) is 10.0. The lowest BCUT2D eigenvalue weighted by Gasteiger charge is -2.40. The molecule has 1 amide bonds. The van der Waals surface area contributed by atoms with Gasteiger partial charge >= 0.3 is 0 Å². The first kappa shape index (κ1) is 23.6. The van der Waals surface area contributed by atoms with E-state index in [1.54, 1.807) is 7.05 Å². The van der Waals surface area contributed by atoms with Gasteiger partial charge in [0.15, 0.2) is 5.96 Å². The monoisotopic (exact) mass is 428 g/mol. The minimum Gasteiger partial charge on any atom is -0.377 e. The van der Waals surface area contributed by atoms with E-state index in [0.29, 0.717) is 12.5 Å². The minimum absolute atomic E-state index is 0.132. The summed E-state index contributed by atoms with van der Waals surface area (Å²) < 4.78 is 6.10. The van der Waals surface area contributed by atoms with E-state index in [-0.39, 0.29) is 23.3 Å². The number of nitrogens with one attached hydrogen (secondary N) is 3. The molecular formula is C25H40N4O2. The quantitative estimate of drug-likeness (QED) is 0.466. The predicted molar refractivity (Wildman–Crippen MR) is 127 cm³/mol. The molecular weight excluding hydrogens is 388 g/mol. The molecule has 1 aliphatic carbocycles. The molecule has 1 heterocycles. The molecule has 1 aliphatic heterocycles. The van der Waals surface area contributed by atoms with E-state index in [0.717, 1.165) is 62.5 Å². The van der Waals surface area contributed by atoms with Crippen molar-refractivity contribution in [2.24, 2.45) is 22.2 Å². The molecule has 3 rings (SSSR count). The van der Waals surface area contributed by atoms with Gasteiger partial charge < -0.3 is 20.7 Å². The highest BCUT2D eigenvalue weighted by Gasteiger charge is 2.35. The lowest BCUT2D eigenvalue weighted by atomic mass is 9.78. The van der Waals surface area contributed by atoms with Crippen LogP contribution in [-0.2, 0) is 16.1 Å². The Labute approximate surface area is 187 Å². The molecule has 1 saturated carbocycles. The molecule has 172 valence electrons. The maximum atomic E-state index is 12.4. The van der Waals surface area contributed by atoms with Gasteiger partial charge in [-0.2, -0.15) is 0 Å². The molecule has 0 aromatic heterocycles. The first-order valence-electron chi connectivity index (χ1n) is 11.8. The number of amides is 1. The van der Waals surface area contributed by atoms with E-state index in [1.807, 2.05) is 18.2 Å². The van der Waals surface area contributed by atoms with E-state index < -0.39 is 0 Å². The summed E-state index contributed by atoms with van der Waals surface area (Å²) in [6, 6.07) is 8.05. The molecule has 31 heavy (non-hydrogen) atoms. The number of carbonyl (C=O) groups is 1. The Morgan fingerprint density at radius 3 is 2.61 bits per heavy atom. The maximum Gasteiger partial charge on any atom is 0.227 e. The highest BCUT2D eigenvalue weighted by Crippen LogP contribution is 2.33. The fraction of sp³-hybridized carbons (Fsp3) is 0.680. The highest BCUT2D eigenvalue weighted by atomic mass is 16.5. The molecule has 6 nitrogen and oxygen atoms in total. The van der Waals surface area contributed by atoms with Crippen molar-refractivity contribution in [3.8, 4) is 0 Å². The van der Waals surface area contributed by atoms with Gasteiger partial charge in [-0.15, -0.1) is 0 Å². The molecule has 6 heteroatoms. The van der Waals surface area contributed by atoms with Crippen molar-refractivity contribution in [2.45, 2.75) is 71.9 Å². The molecule has 2 fully saturated rings. The number of aliphatic imine (C=N–C) groups is 1. The summed E-state index contributed by atoms with van der Waals surface area (Å²) in [5.74, 6) is 1.59. The van der Waals surface area contributed by atoms with Gasteiger partial charge in [-0.25, -0.2) is 0 Å². The van der Waals surface area contributed by atoms with Gasteiger partial charge in [0.25, 0.3) is 0 Å². The Kier molecular flexibility index (Phi) is 8.35. The van der Waals surface area contributed by atoms with Crippen LogP contribution in [0.3, 0.4) is 0 Å². The zero-order chi connectivity index (χ0) is 22.3. The largest absolute Gasteiger partial charge is 0.377 e. The lowest BCUT2D eigenvalue weighted by Crippen LogP contribution is -2.47. The zero-order valence-electron chi connectivity index (χ0n) is 19.7. The first-order chi connectivity index (χ1) is 14.9. The molecule has 1 aromatic rings. The number of hydrogen-bond donors (Lipinski definition) is 3. The number of guanidine groups is 1. The number of hydrogen-bond acceptors (Lipinski definition) is 3. The van der Waals surface area contributed by atoms with Crippen LogP contribution in [0, 0.1) is 17.3 Å². The third kappa shape index (κ3) is 6.96. The number of rotatable bonds is 6. The van der Waals surface area contributed by atoms with E-state index in [4.69, 9.17) is 4.74 Å². The Bertz CT molecular complexity index is 750. The van der Waals surface area contributed by atoms with Crippen molar-refractivity contribution in [3.05, 3.63) is 29.8 Å². The fourth-order valence-electron chi connectivity index (χ4n) is 4.84. The van der Waals surface area contributed by atoms with E-state index in [1.165, 1.54) is 6.42 Å². The molecule has 1 aromatic carbocycles. The van der Waals surface area contributed by atoms with Gasteiger partial charge in [0.05, 0.1) is 6.10 Å². The summed E-state index contributed by atoms with van der Waals surface area (Å²) in [4.78, 5) is 16.8. The third-order valence-electron chi connectivity index (χ3n) is 6.43. The predicted octanol–water partition coefficient (Wildman–Crippen LogP) is 4.32. The normalized spacial score (nSPS) is 22.9. The van der Waals surface area contributed by atoms with E-state index >= 15 is 0 Å². The van der Waals surface area contributed by atoms with Gasteiger partial charge in [0, 0.05) is 44.3 Å². The van der Waals surface area contributed by atoms with Crippen LogP contribution < -0.4 is 16.0 Å². The molecule has 2 unspecified atom stereocenters. The standard InChI is InChI=1S/C25H40N4O2/c1-25(2,3)22-20(12-8-14-31-22)17-28-24(26-4)27-16-18-9-7-13-21(15-18)29-23(30)19-10-5-6-11-19/h7,9,13,15,19-20,22H,5-6,8,10-12,14,16-17H2,1-4H3,(H,29,30)(H2,26,27,28). The fourth-order valence-corrected chi connectivity index (χ4v) is 4.84. The molecule has 2 aliphatic rings. The van der Waals surface area contributed by atoms with Crippen molar-refractivity contribution < 1.29 is 9.53 Å². The van der Waals surface area contributed by atoms with Crippen molar-refractivity contribution in [2.75, 3.05) is 25.5 Å². The molecule has 2 atom stereocenters. The summed E-state index contributed by atoms with van der Waals surface area (Å²) in [5.41, 5.74) is 2.11. The van der Waals surface area contributed by atoms with E-state index in [9.17, 15) is 4.79 Å². The topological polar surface area (TPSA) is 74.8 Å². The van der Waals surface area contributed by atoms with Gasteiger partial charge in [-0.1, -0.05) is 45.7 Å². The molecule has 3 N–H and O–H groups in total. The number of nitrogens with zero attached hydrogens (tertiary/aromatic N) is 1. The first-order valence-corrected chi connectivity index (χ1v) is 11.8. The second-order valence-electron chi connectivity index (χ2n) is 10.0. The van der Waals surface area contributed by atoms with Crippen molar-refractivity contribution in [3.63, 3.8) is 0 Å². The number of carbonyl (C=O) groups excluding carboxylic acids is 1. The number of ether oxygens (including phenoxy) is 1. The minimum atomic E-state index is 0.132. The summed E-state index contributed by atoms with van der Waals surface area (Å²) in [5, 5.41) is 9.97. The van der Waals surface area contributed by atoms with Crippen LogP contribution in [0.15, 0.2) is 29.3 Å². The average Bonchev–Trinajstić information content (AvgIpc) is 3.29. The average molecular weight is 429 g/mol. The summed E-state index contributed by atoms with van der Waals surface area (Å²) in [7, 11) is 1.80. The third-order valence-corrected chi connectivity index (χ3v) is 6.43. The van der Waals surface area contributed by atoms with E-state index in [2.05, 4.69) is 47.8 Å². The van der Waals surface area contributed by atoms with Gasteiger partial charge in [0.1, 0.15) is 0 Å². The molecule has 0 radical (unpaired) electrons. The maximum absolute atomic E-state index is 12.4. The van der Waals surface area contributed by atoms with Crippen molar-refractivity contribution in [1.82, 2.24) is 10.6 Å². The lowest BCUT2D eigenvalue weighted by molar-refractivity contribution is -0.119. The summed E-state index contributed by atoms with van der Waals surface area (Å²) in [6.45, 7) is 9.11. The van der Waals surface area contributed by atoms with Crippen molar-refractivity contribution >= 4 is 17.6 Å². The zero-order valence-corrected chi connectivity index (χ0v) is 19.7. The van der Waals surface area contributed by atoms with Crippen LogP contribution in [0.25, 0.3) is 0 Å². The molecule has 0 spiro atoms. The number of anilines is 1. The Balaban J connectivity index is 1.49. The summed E-state index contributed by atoms with van der Waals surface area (Å²) >= 11 is 0. The van der Waals surface area contributed by atoms with Gasteiger partial charge in [0.2, 0.25) is 5.91 Å². The van der Waals surface area contributed by atoms with Crippen LogP contribution in [0.2, 0.25) is 0 Å². The van der Waals surface area contributed by atoms with Crippen molar-refractivity contribution in [1.29, 1.82) is 0 Å². The van der Waals surface area contributed by atoms with Crippen LogP contribution in [0.4, 0.5) is 5.69 Å². The Hall–Kier alpha value is -2.08. The SMILES string of the molecule is CN=C(NCc1cccc(NC(=O)C2CCCC2)c1)NCC1CCCOC1C(C)(C)C. The summed E-state index contributed by atoms with van der Waals surface area (Å²) in [6.07, 6.45) is 6.90. The van der Waals surface area contributed by atoms with Gasteiger partial charge in [-0.3, -0.25) is 9.79 Å². The van der Waals surface area contributed by atoms with Crippen LogP contribution in [-0.4, -0.2) is 38.2 Å². The Morgan fingerprint density at radius 1 is 1.13 bits per heavy atom. The van der Waals surface area contributed by atoms with Crippen LogP contribution in [0.1, 0.15) is 64.9 Å². The van der Waals surface area contributed by atoms with Crippen LogP contribution >= 0.6 is 0 Å². The van der Waals surface area contributed by atoms with Gasteiger partial charge in [-0.05, 0) is 48.8 Å². The second kappa shape index (κ2) is 11.0. The van der Waals surface area contributed by atoms with Crippen LogP contribution in [0.5, 0.6) is 0 Å². The molecule has 1 saturated heterocycles. The molecule has 0 bridgehead atoms.